The molecule has 0 fully saturated rings. The molecule has 0 spiro atoms. The van der Waals surface area contributed by atoms with Crippen molar-refractivity contribution < 1.29 is 4.79 Å². The lowest BCUT2D eigenvalue weighted by Crippen LogP contribution is -2.29. The van der Waals surface area contributed by atoms with Crippen molar-refractivity contribution in [3.8, 4) is 16.8 Å². The van der Waals surface area contributed by atoms with Crippen molar-refractivity contribution in [2.24, 2.45) is 7.05 Å². The monoisotopic (exact) mass is 485 g/mol. The zero-order valence-corrected chi connectivity index (χ0v) is 20.3. The van der Waals surface area contributed by atoms with Crippen LogP contribution < -0.4 is 16.4 Å². The van der Waals surface area contributed by atoms with Crippen LogP contribution in [0, 0.1) is 13.8 Å². The Bertz CT molecular complexity index is 1680. The summed E-state index contributed by atoms with van der Waals surface area (Å²) >= 11 is 1.45. The minimum absolute atomic E-state index is 0.180. The highest BCUT2D eigenvalue weighted by molar-refractivity contribution is 7.19. The van der Waals surface area contributed by atoms with Crippen LogP contribution in [0.5, 0.6) is 0 Å². The van der Waals surface area contributed by atoms with E-state index in [4.69, 9.17) is 0 Å². The number of hydrogen-bond donors (Lipinski definition) is 1. The molecule has 5 aromatic rings. The Labute approximate surface area is 204 Å². The highest BCUT2D eigenvalue weighted by atomic mass is 32.1. The third-order valence-electron chi connectivity index (χ3n) is 6.05. The Morgan fingerprint density at radius 1 is 0.971 bits per heavy atom. The van der Waals surface area contributed by atoms with Gasteiger partial charge in [-0.2, -0.15) is 0 Å². The van der Waals surface area contributed by atoms with Crippen molar-refractivity contribution in [3.63, 3.8) is 0 Å². The van der Waals surface area contributed by atoms with Gasteiger partial charge >= 0.3 is 0 Å². The molecule has 0 atom stereocenters. The second-order valence-corrected chi connectivity index (χ2v) is 9.44. The van der Waals surface area contributed by atoms with Gasteiger partial charge in [-0.15, -0.1) is 11.3 Å². The van der Waals surface area contributed by atoms with Crippen LogP contribution in [-0.4, -0.2) is 24.8 Å². The number of rotatable bonds is 5. The number of amides is 1. The first-order chi connectivity index (χ1) is 16.9. The first-order valence-electron chi connectivity index (χ1n) is 11.0. The van der Waals surface area contributed by atoms with Crippen LogP contribution in [0.25, 0.3) is 27.0 Å². The predicted octanol–water partition coefficient (Wildman–Crippen LogP) is 3.87. The molecule has 2 aromatic carbocycles. The molecule has 8 nitrogen and oxygen atoms in total. The van der Waals surface area contributed by atoms with E-state index in [2.05, 4.69) is 10.3 Å². The van der Waals surface area contributed by atoms with E-state index < -0.39 is 5.91 Å². The highest BCUT2D eigenvalue weighted by Crippen LogP contribution is 2.35. The third-order valence-corrected chi connectivity index (χ3v) is 7.06. The number of nitrogens with zero attached hydrogens (tertiary/aromatic N) is 4. The van der Waals surface area contributed by atoms with Gasteiger partial charge in [0.05, 0.1) is 23.1 Å². The SMILES string of the molecule is Cc1sc2ncn(CC(=O)Nc3c(C)n(C)n(-c4ccccc4)c3=O)c(=O)c2c1-c1ccccc1. The maximum Gasteiger partial charge on any atom is 0.295 e. The second-order valence-electron chi connectivity index (χ2n) is 8.24. The fraction of sp³-hybridized carbons (Fsp3) is 0.154. The summed E-state index contributed by atoms with van der Waals surface area (Å²) in [5, 5.41) is 3.20. The second kappa shape index (κ2) is 8.84. The number of anilines is 1. The summed E-state index contributed by atoms with van der Waals surface area (Å²) in [5.41, 5.74) is 2.61. The lowest BCUT2D eigenvalue weighted by Gasteiger charge is -2.08. The predicted molar refractivity (Wildman–Crippen MR) is 138 cm³/mol. The van der Waals surface area contributed by atoms with Crippen molar-refractivity contribution in [2.45, 2.75) is 20.4 Å². The Morgan fingerprint density at radius 2 is 1.63 bits per heavy atom. The summed E-state index contributed by atoms with van der Waals surface area (Å²) < 4.78 is 4.46. The number of hydrogen-bond acceptors (Lipinski definition) is 5. The summed E-state index contributed by atoms with van der Waals surface area (Å²) in [4.78, 5) is 45.5. The van der Waals surface area contributed by atoms with Gasteiger partial charge in [0, 0.05) is 17.5 Å². The van der Waals surface area contributed by atoms with Crippen molar-refractivity contribution in [1.82, 2.24) is 18.9 Å². The molecule has 0 saturated heterocycles. The molecule has 0 saturated carbocycles. The number of thiophene rings is 1. The molecular formula is C26H23N5O3S. The first-order valence-corrected chi connectivity index (χ1v) is 11.9. The largest absolute Gasteiger partial charge is 0.318 e. The van der Waals surface area contributed by atoms with Gasteiger partial charge in [0.25, 0.3) is 11.1 Å². The molecule has 0 bridgehead atoms. The molecule has 176 valence electrons. The van der Waals surface area contributed by atoms with Crippen LogP contribution in [0.2, 0.25) is 0 Å². The molecule has 5 rings (SSSR count). The molecule has 35 heavy (non-hydrogen) atoms. The van der Waals surface area contributed by atoms with Gasteiger partial charge in [-0.3, -0.25) is 23.6 Å². The van der Waals surface area contributed by atoms with Gasteiger partial charge in [-0.05, 0) is 31.5 Å². The maximum atomic E-state index is 13.4. The molecule has 3 aromatic heterocycles. The molecule has 1 amide bonds. The van der Waals surface area contributed by atoms with E-state index in [0.29, 0.717) is 21.6 Å². The quantitative estimate of drug-likeness (QED) is 0.409. The van der Waals surface area contributed by atoms with Gasteiger partial charge in [0.1, 0.15) is 17.1 Å². The van der Waals surface area contributed by atoms with E-state index >= 15 is 0 Å². The molecule has 0 aliphatic heterocycles. The molecule has 9 heteroatoms. The highest BCUT2D eigenvalue weighted by Gasteiger charge is 2.20. The van der Waals surface area contributed by atoms with Crippen LogP contribution >= 0.6 is 11.3 Å². The van der Waals surface area contributed by atoms with Crippen molar-refractivity contribution in [1.29, 1.82) is 0 Å². The Balaban J connectivity index is 1.48. The van der Waals surface area contributed by atoms with Crippen molar-refractivity contribution >= 4 is 33.1 Å². The Kier molecular flexibility index (Phi) is 5.70. The zero-order valence-electron chi connectivity index (χ0n) is 19.5. The minimum Gasteiger partial charge on any atom is -0.318 e. The standard InChI is InChI=1S/C26H23N5O3S/c1-16-23(26(34)31(29(16)3)19-12-8-5-9-13-19)28-20(32)14-30-15-27-24-22(25(30)33)21(17(2)35-24)18-10-6-4-7-11-18/h4-13,15H,14H2,1-3H3,(H,28,32). The zero-order chi connectivity index (χ0) is 24.7. The van der Waals surface area contributed by atoms with E-state index in [1.165, 1.54) is 26.9 Å². The van der Waals surface area contributed by atoms with Crippen LogP contribution in [-0.2, 0) is 18.4 Å². The average Bonchev–Trinajstić information content (AvgIpc) is 3.31. The number of carbonyl (C=O) groups is 1. The van der Waals surface area contributed by atoms with Gasteiger partial charge < -0.3 is 5.32 Å². The van der Waals surface area contributed by atoms with Crippen LogP contribution in [0.4, 0.5) is 5.69 Å². The van der Waals surface area contributed by atoms with Crippen LogP contribution in [0.15, 0.2) is 76.6 Å². The first kappa shape index (κ1) is 22.5. The van der Waals surface area contributed by atoms with E-state index in [-0.39, 0.29) is 23.4 Å². The summed E-state index contributed by atoms with van der Waals surface area (Å²) in [6.07, 6.45) is 1.38. The lowest BCUT2D eigenvalue weighted by molar-refractivity contribution is -0.116. The Hall–Kier alpha value is -4.24. The third kappa shape index (κ3) is 3.89. The summed E-state index contributed by atoms with van der Waals surface area (Å²) in [7, 11) is 1.76. The number of benzene rings is 2. The molecule has 0 radical (unpaired) electrons. The maximum absolute atomic E-state index is 13.4. The topological polar surface area (TPSA) is 90.9 Å². The fourth-order valence-electron chi connectivity index (χ4n) is 4.25. The molecule has 1 N–H and O–H groups in total. The smallest absolute Gasteiger partial charge is 0.295 e. The number of aromatic nitrogens is 4. The molecule has 0 aliphatic rings. The number of para-hydroxylation sites is 1. The van der Waals surface area contributed by atoms with E-state index in [1.807, 2.05) is 67.6 Å². The van der Waals surface area contributed by atoms with Gasteiger partial charge in [-0.1, -0.05) is 48.5 Å². The molecule has 3 heterocycles. The number of nitrogens with one attached hydrogen (secondary N) is 1. The van der Waals surface area contributed by atoms with Crippen LogP contribution in [0.1, 0.15) is 10.6 Å². The van der Waals surface area contributed by atoms with Gasteiger partial charge in [0.2, 0.25) is 5.91 Å². The van der Waals surface area contributed by atoms with E-state index in [9.17, 15) is 14.4 Å². The number of carbonyl (C=O) groups excluding carboxylic acids is 1. The number of fused-ring (bicyclic) bond motifs is 1. The summed E-state index contributed by atoms with van der Waals surface area (Å²) in [6, 6.07) is 18.9. The van der Waals surface area contributed by atoms with Gasteiger partial charge in [-0.25, -0.2) is 9.67 Å². The molecule has 0 unspecified atom stereocenters. The number of aryl methyl sites for hydroxylation is 1. The Morgan fingerprint density at radius 3 is 2.31 bits per heavy atom. The van der Waals surface area contributed by atoms with Crippen molar-refractivity contribution in [3.05, 3.63) is 98.3 Å². The summed E-state index contributed by atoms with van der Waals surface area (Å²) in [6.45, 7) is 3.46. The normalized spacial score (nSPS) is 11.2. The van der Waals surface area contributed by atoms with E-state index in [0.717, 1.165) is 16.0 Å². The van der Waals surface area contributed by atoms with Crippen molar-refractivity contribution in [2.75, 3.05) is 5.32 Å². The minimum atomic E-state index is -0.479. The van der Waals surface area contributed by atoms with Gasteiger partial charge in [0.15, 0.2) is 0 Å². The lowest BCUT2D eigenvalue weighted by atomic mass is 10.0. The molecule has 0 aliphatic carbocycles. The van der Waals surface area contributed by atoms with E-state index in [1.54, 1.807) is 18.7 Å². The average molecular weight is 486 g/mol. The molecular weight excluding hydrogens is 462 g/mol. The summed E-state index contributed by atoms with van der Waals surface area (Å²) in [5.74, 6) is -0.479. The fourth-order valence-corrected chi connectivity index (χ4v) is 5.25. The van der Waals surface area contributed by atoms with Crippen LogP contribution in [0.3, 0.4) is 0 Å².